The molecule has 0 saturated carbocycles. The summed E-state index contributed by atoms with van der Waals surface area (Å²) in [4.78, 5) is 10.2. The lowest BCUT2D eigenvalue weighted by molar-refractivity contribution is -0.339. The van der Waals surface area contributed by atoms with E-state index in [2.05, 4.69) is 15.9 Å². The molecule has 0 radical (unpaired) electrons. The molecule has 0 spiro atoms. The Labute approximate surface area is 90.0 Å². The zero-order valence-corrected chi connectivity index (χ0v) is 8.94. The standard InChI is InChI=1S/C10H9BrO3/c11-7-4-2-1-3-6(7)9-10-8(13-10)5-12-14-9/h1-4,8-10H,5H2/t8-,9+,10-/m0/s1. The summed E-state index contributed by atoms with van der Waals surface area (Å²) in [5.41, 5.74) is 1.08. The Hall–Kier alpha value is -0.420. The fraction of sp³-hybridized carbons (Fsp3) is 0.400. The fourth-order valence-corrected chi connectivity index (χ4v) is 2.24. The second kappa shape index (κ2) is 3.31. The lowest BCUT2D eigenvalue weighted by Crippen LogP contribution is -2.22. The number of ether oxygens (including phenoxy) is 1. The first-order valence-corrected chi connectivity index (χ1v) is 5.34. The van der Waals surface area contributed by atoms with Gasteiger partial charge in [-0.2, -0.15) is 0 Å². The summed E-state index contributed by atoms with van der Waals surface area (Å²) in [5.74, 6) is 0. The van der Waals surface area contributed by atoms with Crippen LogP contribution in [0.1, 0.15) is 11.7 Å². The largest absolute Gasteiger partial charge is 0.364 e. The number of halogens is 1. The minimum Gasteiger partial charge on any atom is -0.364 e. The minimum absolute atomic E-state index is 0.0932. The van der Waals surface area contributed by atoms with Gasteiger partial charge in [0.05, 0.1) is 0 Å². The summed E-state index contributed by atoms with van der Waals surface area (Å²) in [5, 5.41) is 0. The average Bonchev–Trinajstić information content (AvgIpc) is 2.97. The molecule has 2 fully saturated rings. The molecule has 2 aliphatic rings. The van der Waals surface area contributed by atoms with E-state index >= 15 is 0 Å². The molecular weight excluding hydrogens is 248 g/mol. The predicted molar refractivity (Wildman–Crippen MR) is 52.6 cm³/mol. The highest BCUT2D eigenvalue weighted by atomic mass is 79.9. The summed E-state index contributed by atoms with van der Waals surface area (Å²) < 4.78 is 6.46. The fourth-order valence-electron chi connectivity index (χ4n) is 1.73. The molecule has 0 amide bonds. The summed E-state index contributed by atoms with van der Waals surface area (Å²) in [6, 6.07) is 7.96. The van der Waals surface area contributed by atoms with Gasteiger partial charge in [0.1, 0.15) is 24.9 Å². The van der Waals surface area contributed by atoms with Crippen molar-refractivity contribution in [3.8, 4) is 0 Å². The molecule has 1 aromatic carbocycles. The molecule has 14 heavy (non-hydrogen) atoms. The molecule has 0 unspecified atom stereocenters. The Morgan fingerprint density at radius 1 is 1.29 bits per heavy atom. The van der Waals surface area contributed by atoms with Crippen molar-refractivity contribution < 1.29 is 14.5 Å². The van der Waals surface area contributed by atoms with Crippen LogP contribution in [0.3, 0.4) is 0 Å². The molecule has 3 atom stereocenters. The smallest absolute Gasteiger partial charge is 0.148 e. The second-order valence-electron chi connectivity index (χ2n) is 3.46. The molecule has 0 bridgehead atoms. The number of fused-ring (bicyclic) bond motifs is 1. The van der Waals surface area contributed by atoms with Crippen molar-refractivity contribution in [3.05, 3.63) is 34.3 Å². The Balaban J connectivity index is 1.91. The van der Waals surface area contributed by atoms with E-state index in [4.69, 9.17) is 14.5 Å². The van der Waals surface area contributed by atoms with Crippen LogP contribution in [0.25, 0.3) is 0 Å². The van der Waals surface area contributed by atoms with Gasteiger partial charge in [0.25, 0.3) is 0 Å². The SMILES string of the molecule is Brc1ccccc1[C@H]1OOC[C@@H]2O[C@@H]21. The predicted octanol–water partition coefficient (Wildman–Crippen LogP) is 2.22. The highest BCUT2D eigenvalue weighted by Crippen LogP contribution is 2.42. The van der Waals surface area contributed by atoms with Crippen LogP contribution >= 0.6 is 15.9 Å². The van der Waals surface area contributed by atoms with Crippen molar-refractivity contribution >= 4 is 15.9 Å². The second-order valence-corrected chi connectivity index (χ2v) is 4.32. The zero-order chi connectivity index (χ0) is 9.54. The minimum atomic E-state index is -0.0932. The van der Waals surface area contributed by atoms with Gasteiger partial charge < -0.3 is 4.74 Å². The maximum absolute atomic E-state index is 5.43. The molecule has 2 saturated heterocycles. The van der Waals surface area contributed by atoms with Gasteiger partial charge in [0, 0.05) is 10.0 Å². The highest BCUT2D eigenvalue weighted by Gasteiger charge is 2.51. The van der Waals surface area contributed by atoms with Crippen molar-refractivity contribution in [2.45, 2.75) is 18.3 Å². The third-order valence-corrected chi connectivity index (χ3v) is 3.26. The van der Waals surface area contributed by atoms with Crippen LogP contribution in [0.5, 0.6) is 0 Å². The van der Waals surface area contributed by atoms with E-state index in [0.29, 0.717) is 6.61 Å². The van der Waals surface area contributed by atoms with Crippen molar-refractivity contribution in [2.75, 3.05) is 6.61 Å². The lowest BCUT2D eigenvalue weighted by atomic mass is 10.0. The van der Waals surface area contributed by atoms with Crippen LogP contribution in [0.15, 0.2) is 28.7 Å². The van der Waals surface area contributed by atoms with E-state index in [-0.39, 0.29) is 18.3 Å². The van der Waals surface area contributed by atoms with E-state index < -0.39 is 0 Å². The molecule has 0 N–H and O–H groups in total. The molecule has 3 nitrogen and oxygen atoms in total. The van der Waals surface area contributed by atoms with E-state index in [9.17, 15) is 0 Å². The van der Waals surface area contributed by atoms with Gasteiger partial charge in [-0.05, 0) is 6.07 Å². The monoisotopic (exact) mass is 256 g/mol. The quantitative estimate of drug-likeness (QED) is 0.571. The van der Waals surface area contributed by atoms with E-state index in [1.807, 2.05) is 24.3 Å². The Morgan fingerprint density at radius 3 is 3.00 bits per heavy atom. The number of epoxide rings is 1. The Kier molecular flexibility index (Phi) is 2.09. The van der Waals surface area contributed by atoms with Gasteiger partial charge in [-0.1, -0.05) is 34.1 Å². The molecule has 1 aromatic rings. The van der Waals surface area contributed by atoms with Crippen LogP contribution in [0.2, 0.25) is 0 Å². The van der Waals surface area contributed by atoms with Gasteiger partial charge >= 0.3 is 0 Å². The molecule has 3 rings (SSSR count). The van der Waals surface area contributed by atoms with Crippen molar-refractivity contribution in [1.82, 2.24) is 0 Å². The number of hydrogen-bond donors (Lipinski definition) is 0. The summed E-state index contributed by atoms with van der Waals surface area (Å²) in [6.45, 7) is 0.547. The molecule has 0 aliphatic carbocycles. The third kappa shape index (κ3) is 1.39. The first-order valence-electron chi connectivity index (χ1n) is 4.54. The Bertz CT molecular complexity index is 355. The number of benzene rings is 1. The molecule has 0 aromatic heterocycles. The van der Waals surface area contributed by atoms with E-state index in [1.54, 1.807) is 0 Å². The molecule has 74 valence electrons. The first-order chi connectivity index (χ1) is 6.86. The lowest BCUT2D eigenvalue weighted by Gasteiger charge is -2.19. The number of hydrogen-bond acceptors (Lipinski definition) is 3. The molecule has 2 aliphatic heterocycles. The maximum atomic E-state index is 5.43. The van der Waals surface area contributed by atoms with Gasteiger partial charge in [0.2, 0.25) is 0 Å². The van der Waals surface area contributed by atoms with Crippen LogP contribution in [0, 0.1) is 0 Å². The summed E-state index contributed by atoms with van der Waals surface area (Å²) in [6.07, 6.45) is 0.299. The van der Waals surface area contributed by atoms with E-state index in [0.717, 1.165) is 10.0 Å². The maximum Gasteiger partial charge on any atom is 0.148 e. The normalized spacial score (nSPS) is 35.1. The number of rotatable bonds is 1. The highest BCUT2D eigenvalue weighted by molar-refractivity contribution is 9.10. The summed E-state index contributed by atoms with van der Waals surface area (Å²) in [7, 11) is 0. The molecular formula is C10H9BrO3. The Morgan fingerprint density at radius 2 is 2.14 bits per heavy atom. The molecule has 2 heterocycles. The van der Waals surface area contributed by atoms with Crippen LogP contribution in [-0.2, 0) is 14.5 Å². The topological polar surface area (TPSA) is 31.0 Å². The van der Waals surface area contributed by atoms with Gasteiger partial charge in [-0.15, -0.1) is 0 Å². The van der Waals surface area contributed by atoms with Gasteiger partial charge in [-0.25, -0.2) is 9.78 Å². The van der Waals surface area contributed by atoms with Crippen molar-refractivity contribution in [2.24, 2.45) is 0 Å². The van der Waals surface area contributed by atoms with Crippen LogP contribution < -0.4 is 0 Å². The van der Waals surface area contributed by atoms with Crippen molar-refractivity contribution in [1.29, 1.82) is 0 Å². The van der Waals surface area contributed by atoms with Crippen LogP contribution in [-0.4, -0.2) is 18.8 Å². The van der Waals surface area contributed by atoms with Crippen molar-refractivity contribution in [3.63, 3.8) is 0 Å². The van der Waals surface area contributed by atoms with Crippen LogP contribution in [0.4, 0.5) is 0 Å². The summed E-state index contributed by atoms with van der Waals surface area (Å²) >= 11 is 3.49. The van der Waals surface area contributed by atoms with Gasteiger partial charge in [0.15, 0.2) is 0 Å². The average molecular weight is 257 g/mol. The molecule has 4 heteroatoms. The zero-order valence-electron chi connectivity index (χ0n) is 7.35. The van der Waals surface area contributed by atoms with Gasteiger partial charge in [-0.3, -0.25) is 0 Å². The first kappa shape index (κ1) is 8.85. The third-order valence-electron chi connectivity index (χ3n) is 2.54. The van der Waals surface area contributed by atoms with E-state index in [1.165, 1.54) is 0 Å².